The SMILES string of the molecule is Cc1nc(C)n(CC(O)CNC2CC2)n1. The van der Waals surface area contributed by atoms with E-state index in [9.17, 15) is 5.11 Å². The summed E-state index contributed by atoms with van der Waals surface area (Å²) in [5.74, 6) is 1.62. The molecule has 0 spiro atoms. The minimum atomic E-state index is -0.384. The number of rotatable bonds is 5. The van der Waals surface area contributed by atoms with Gasteiger partial charge in [0.15, 0.2) is 0 Å². The third-order valence-corrected chi connectivity index (χ3v) is 2.57. The van der Waals surface area contributed by atoms with E-state index in [4.69, 9.17) is 0 Å². The average molecular weight is 210 g/mol. The number of aliphatic hydroxyl groups excluding tert-OH is 1. The minimum absolute atomic E-state index is 0.384. The van der Waals surface area contributed by atoms with E-state index in [0.29, 0.717) is 19.1 Å². The summed E-state index contributed by atoms with van der Waals surface area (Å²) in [5.41, 5.74) is 0. The van der Waals surface area contributed by atoms with Crippen molar-refractivity contribution in [1.82, 2.24) is 20.1 Å². The van der Waals surface area contributed by atoms with Gasteiger partial charge in [-0.05, 0) is 26.7 Å². The summed E-state index contributed by atoms with van der Waals surface area (Å²) in [4.78, 5) is 4.19. The van der Waals surface area contributed by atoms with Gasteiger partial charge in [0.05, 0.1) is 12.6 Å². The van der Waals surface area contributed by atoms with Crippen molar-refractivity contribution < 1.29 is 5.11 Å². The lowest BCUT2D eigenvalue weighted by Gasteiger charge is -2.11. The van der Waals surface area contributed by atoms with Crippen molar-refractivity contribution in [3.63, 3.8) is 0 Å². The molecule has 1 unspecified atom stereocenters. The standard InChI is InChI=1S/C10H18N4O/c1-7-12-8(2)14(13-7)6-10(15)5-11-9-3-4-9/h9-11,15H,3-6H2,1-2H3. The Bertz CT molecular complexity index is 332. The van der Waals surface area contributed by atoms with Crippen LogP contribution in [0.2, 0.25) is 0 Å². The van der Waals surface area contributed by atoms with Crippen molar-refractivity contribution in [3.05, 3.63) is 11.6 Å². The van der Waals surface area contributed by atoms with Crippen LogP contribution in [-0.4, -0.2) is 38.6 Å². The molecule has 1 aliphatic carbocycles. The fourth-order valence-electron chi connectivity index (χ4n) is 1.59. The number of aryl methyl sites for hydroxylation is 2. The second kappa shape index (κ2) is 4.28. The van der Waals surface area contributed by atoms with Crippen LogP contribution >= 0.6 is 0 Å². The summed E-state index contributed by atoms with van der Waals surface area (Å²) in [5, 5.41) is 17.3. The summed E-state index contributed by atoms with van der Waals surface area (Å²) in [6.07, 6.45) is 2.10. The van der Waals surface area contributed by atoms with E-state index in [1.54, 1.807) is 4.68 Å². The number of nitrogens with zero attached hydrogens (tertiary/aromatic N) is 3. The Hall–Kier alpha value is -0.940. The van der Waals surface area contributed by atoms with Gasteiger partial charge in [-0.2, -0.15) is 5.10 Å². The molecule has 1 aliphatic rings. The smallest absolute Gasteiger partial charge is 0.147 e. The van der Waals surface area contributed by atoms with E-state index < -0.39 is 0 Å². The van der Waals surface area contributed by atoms with Crippen LogP contribution in [0.15, 0.2) is 0 Å². The molecule has 15 heavy (non-hydrogen) atoms. The van der Waals surface area contributed by atoms with E-state index in [-0.39, 0.29) is 6.10 Å². The summed E-state index contributed by atoms with van der Waals surface area (Å²) >= 11 is 0. The Kier molecular flexibility index (Phi) is 3.02. The predicted octanol–water partition coefficient (Wildman–Crippen LogP) is 0.00784. The largest absolute Gasteiger partial charge is 0.390 e. The molecule has 5 nitrogen and oxygen atoms in total. The molecule has 1 saturated carbocycles. The van der Waals surface area contributed by atoms with E-state index in [1.165, 1.54) is 12.8 Å². The molecule has 0 bridgehead atoms. The molecule has 1 aromatic rings. The first-order valence-corrected chi connectivity index (χ1v) is 5.44. The molecular formula is C10H18N4O. The third kappa shape index (κ3) is 3.00. The second-order valence-corrected chi connectivity index (χ2v) is 4.22. The molecule has 1 fully saturated rings. The highest BCUT2D eigenvalue weighted by Crippen LogP contribution is 2.18. The van der Waals surface area contributed by atoms with Crippen LogP contribution in [0.3, 0.4) is 0 Å². The maximum Gasteiger partial charge on any atom is 0.147 e. The van der Waals surface area contributed by atoms with Gasteiger partial charge in [0.2, 0.25) is 0 Å². The molecule has 0 aromatic carbocycles. The van der Waals surface area contributed by atoms with Gasteiger partial charge in [0.1, 0.15) is 11.6 Å². The first kappa shape index (κ1) is 10.6. The van der Waals surface area contributed by atoms with Gasteiger partial charge in [-0.3, -0.25) is 0 Å². The van der Waals surface area contributed by atoms with E-state index in [0.717, 1.165) is 11.6 Å². The van der Waals surface area contributed by atoms with Crippen LogP contribution in [0, 0.1) is 13.8 Å². The number of aromatic nitrogens is 3. The molecule has 2 N–H and O–H groups in total. The van der Waals surface area contributed by atoms with E-state index in [1.807, 2.05) is 13.8 Å². The lowest BCUT2D eigenvalue weighted by Crippen LogP contribution is -2.32. The van der Waals surface area contributed by atoms with Crippen molar-refractivity contribution in [2.45, 2.75) is 45.4 Å². The lowest BCUT2D eigenvalue weighted by molar-refractivity contribution is 0.145. The van der Waals surface area contributed by atoms with Crippen LogP contribution in [0.5, 0.6) is 0 Å². The first-order chi connectivity index (χ1) is 7.15. The molecule has 0 radical (unpaired) electrons. The van der Waals surface area contributed by atoms with Gasteiger partial charge < -0.3 is 10.4 Å². The topological polar surface area (TPSA) is 63.0 Å². The average Bonchev–Trinajstić information content (AvgIpc) is 2.92. The summed E-state index contributed by atoms with van der Waals surface area (Å²) in [6, 6.07) is 0.637. The quantitative estimate of drug-likeness (QED) is 0.718. The van der Waals surface area contributed by atoms with Crippen molar-refractivity contribution in [2.24, 2.45) is 0 Å². The van der Waals surface area contributed by atoms with Gasteiger partial charge in [-0.1, -0.05) is 0 Å². The highest BCUT2D eigenvalue weighted by atomic mass is 16.3. The van der Waals surface area contributed by atoms with Crippen molar-refractivity contribution in [3.8, 4) is 0 Å². The normalized spacial score (nSPS) is 18.1. The molecule has 0 aliphatic heterocycles. The molecule has 84 valence electrons. The third-order valence-electron chi connectivity index (χ3n) is 2.57. The molecule has 1 aromatic heterocycles. The van der Waals surface area contributed by atoms with Gasteiger partial charge in [-0.15, -0.1) is 0 Å². The number of hydrogen-bond acceptors (Lipinski definition) is 4. The van der Waals surface area contributed by atoms with Crippen LogP contribution in [0.1, 0.15) is 24.5 Å². The van der Waals surface area contributed by atoms with Crippen molar-refractivity contribution in [1.29, 1.82) is 0 Å². The fourth-order valence-corrected chi connectivity index (χ4v) is 1.59. The second-order valence-electron chi connectivity index (χ2n) is 4.22. The Morgan fingerprint density at radius 1 is 1.53 bits per heavy atom. The molecule has 1 heterocycles. The molecule has 5 heteroatoms. The van der Waals surface area contributed by atoms with E-state index in [2.05, 4.69) is 15.4 Å². The maximum absolute atomic E-state index is 9.76. The molecular weight excluding hydrogens is 192 g/mol. The van der Waals surface area contributed by atoms with Gasteiger partial charge in [0, 0.05) is 12.6 Å². The van der Waals surface area contributed by atoms with E-state index >= 15 is 0 Å². The van der Waals surface area contributed by atoms with Crippen LogP contribution in [-0.2, 0) is 6.54 Å². The van der Waals surface area contributed by atoms with Gasteiger partial charge in [-0.25, -0.2) is 9.67 Å². The zero-order valence-corrected chi connectivity index (χ0v) is 9.27. The highest BCUT2D eigenvalue weighted by molar-refractivity contribution is 4.88. The molecule has 0 saturated heterocycles. The minimum Gasteiger partial charge on any atom is -0.390 e. The van der Waals surface area contributed by atoms with Crippen molar-refractivity contribution in [2.75, 3.05) is 6.54 Å². The van der Waals surface area contributed by atoms with Crippen molar-refractivity contribution >= 4 is 0 Å². The van der Waals surface area contributed by atoms with Crippen LogP contribution in [0.4, 0.5) is 0 Å². The number of hydrogen-bond donors (Lipinski definition) is 2. The molecule has 1 atom stereocenters. The Labute approximate surface area is 89.5 Å². The summed E-state index contributed by atoms with van der Waals surface area (Å²) < 4.78 is 1.76. The molecule has 0 amide bonds. The lowest BCUT2D eigenvalue weighted by atomic mass is 10.3. The summed E-state index contributed by atoms with van der Waals surface area (Å²) in [6.45, 7) is 4.93. The Morgan fingerprint density at radius 2 is 2.27 bits per heavy atom. The van der Waals surface area contributed by atoms with Gasteiger partial charge in [0.25, 0.3) is 0 Å². The van der Waals surface area contributed by atoms with Crippen LogP contribution in [0.25, 0.3) is 0 Å². The van der Waals surface area contributed by atoms with Crippen LogP contribution < -0.4 is 5.32 Å². The zero-order valence-electron chi connectivity index (χ0n) is 9.27. The monoisotopic (exact) mass is 210 g/mol. The fraction of sp³-hybridized carbons (Fsp3) is 0.800. The maximum atomic E-state index is 9.76. The first-order valence-electron chi connectivity index (χ1n) is 5.44. The number of nitrogens with one attached hydrogen (secondary N) is 1. The Balaban J connectivity index is 1.81. The Morgan fingerprint density at radius 3 is 2.80 bits per heavy atom. The van der Waals surface area contributed by atoms with Gasteiger partial charge >= 0.3 is 0 Å². The highest BCUT2D eigenvalue weighted by Gasteiger charge is 2.21. The number of aliphatic hydroxyl groups is 1. The predicted molar refractivity (Wildman–Crippen MR) is 56.5 cm³/mol. The zero-order chi connectivity index (χ0) is 10.8. The molecule has 2 rings (SSSR count). The summed E-state index contributed by atoms with van der Waals surface area (Å²) in [7, 11) is 0.